The largest absolute Gasteiger partial charge is 0.326 e. The van der Waals surface area contributed by atoms with Gasteiger partial charge in [-0.3, -0.25) is 4.79 Å². The van der Waals surface area contributed by atoms with Crippen LogP contribution in [0.2, 0.25) is 0 Å². The summed E-state index contributed by atoms with van der Waals surface area (Å²) in [5.74, 6) is 1.06. The fourth-order valence-corrected chi connectivity index (χ4v) is 1.99. The van der Waals surface area contributed by atoms with Gasteiger partial charge in [-0.05, 0) is 23.5 Å². The molecule has 2 rings (SSSR count). The molecule has 0 heterocycles. The first kappa shape index (κ1) is 15.2. The van der Waals surface area contributed by atoms with E-state index in [4.69, 9.17) is 0 Å². The Balaban J connectivity index is 0.00000180. The zero-order chi connectivity index (χ0) is 13.0. The number of hydrogen-bond donors (Lipinski definition) is 1. The molecule has 2 nitrogen and oxygen atoms in total. The highest BCUT2D eigenvalue weighted by atomic mass is 16.1. The van der Waals surface area contributed by atoms with Crippen molar-refractivity contribution in [1.82, 2.24) is 5.32 Å². The highest BCUT2D eigenvalue weighted by Crippen LogP contribution is 2.20. The lowest BCUT2D eigenvalue weighted by molar-refractivity contribution is -0.119. The van der Waals surface area contributed by atoms with Crippen molar-refractivity contribution in [2.75, 3.05) is 0 Å². The molecule has 1 aromatic rings. The summed E-state index contributed by atoms with van der Waals surface area (Å²) in [4.78, 5) is 11.9. The van der Waals surface area contributed by atoms with Crippen LogP contribution in [-0.4, -0.2) is 5.91 Å². The van der Waals surface area contributed by atoms with Crippen LogP contribution in [0.15, 0.2) is 54.3 Å². The second-order valence-electron chi connectivity index (χ2n) is 4.91. The molecule has 0 aliphatic heterocycles. The Morgan fingerprint density at radius 1 is 1.16 bits per heavy atom. The van der Waals surface area contributed by atoms with Gasteiger partial charge in [-0.1, -0.05) is 63.8 Å². The number of carbonyl (C=O) groups excluding carboxylic acids is 1. The molecule has 0 bridgehead atoms. The molecule has 0 radical (unpaired) electrons. The predicted molar refractivity (Wildman–Crippen MR) is 80.6 cm³/mol. The standard InChI is InChI=1S/C16H19NO.CH4/c1-12-8-9-15(10-13(12)2)17-16(18)11-14-6-4-3-5-7-14;/h3-10,12-13H,11H2,1-2H3,(H,17,18);1H4. The maximum Gasteiger partial charge on any atom is 0.228 e. The Morgan fingerprint density at radius 2 is 1.84 bits per heavy atom. The maximum atomic E-state index is 11.9. The van der Waals surface area contributed by atoms with E-state index in [1.54, 1.807) is 0 Å². The van der Waals surface area contributed by atoms with Crippen molar-refractivity contribution in [1.29, 1.82) is 0 Å². The molecule has 1 N–H and O–H groups in total. The highest BCUT2D eigenvalue weighted by Gasteiger charge is 2.13. The Kier molecular flexibility index (Phi) is 5.56. The first-order valence-electron chi connectivity index (χ1n) is 6.39. The molecule has 0 aromatic heterocycles. The molecule has 2 atom stereocenters. The molecule has 0 saturated heterocycles. The molecule has 1 aliphatic rings. The average Bonchev–Trinajstić information content (AvgIpc) is 2.35. The van der Waals surface area contributed by atoms with Gasteiger partial charge < -0.3 is 5.32 Å². The predicted octanol–water partition coefficient (Wildman–Crippen LogP) is 3.71. The van der Waals surface area contributed by atoms with Crippen LogP contribution in [0.4, 0.5) is 0 Å². The number of hydrogen-bond acceptors (Lipinski definition) is 1. The monoisotopic (exact) mass is 257 g/mol. The van der Waals surface area contributed by atoms with Gasteiger partial charge in [0.25, 0.3) is 0 Å². The topological polar surface area (TPSA) is 29.1 Å². The molecule has 0 spiro atoms. The van der Waals surface area contributed by atoms with Gasteiger partial charge >= 0.3 is 0 Å². The van der Waals surface area contributed by atoms with Gasteiger partial charge in [-0.15, -0.1) is 0 Å². The Hall–Kier alpha value is -1.83. The molecule has 1 aromatic carbocycles. The summed E-state index contributed by atoms with van der Waals surface area (Å²) in [5.41, 5.74) is 1.96. The zero-order valence-corrected chi connectivity index (χ0v) is 10.9. The average molecular weight is 257 g/mol. The summed E-state index contributed by atoms with van der Waals surface area (Å²) >= 11 is 0. The number of benzene rings is 1. The Morgan fingerprint density at radius 3 is 2.47 bits per heavy atom. The molecule has 1 amide bonds. The third kappa shape index (κ3) is 4.40. The molecule has 19 heavy (non-hydrogen) atoms. The summed E-state index contributed by atoms with van der Waals surface area (Å²) in [7, 11) is 0. The first-order valence-corrected chi connectivity index (χ1v) is 6.39. The van der Waals surface area contributed by atoms with Crippen molar-refractivity contribution in [3.63, 3.8) is 0 Å². The van der Waals surface area contributed by atoms with E-state index in [1.165, 1.54) is 0 Å². The van der Waals surface area contributed by atoms with E-state index >= 15 is 0 Å². The van der Waals surface area contributed by atoms with E-state index in [1.807, 2.05) is 36.4 Å². The molecule has 1 aliphatic carbocycles. The van der Waals surface area contributed by atoms with Crippen molar-refractivity contribution in [3.05, 3.63) is 59.8 Å². The van der Waals surface area contributed by atoms with Crippen LogP contribution >= 0.6 is 0 Å². The zero-order valence-electron chi connectivity index (χ0n) is 10.9. The van der Waals surface area contributed by atoms with Crippen LogP contribution in [0.25, 0.3) is 0 Å². The fourth-order valence-electron chi connectivity index (χ4n) is 1.99. The Bertz CT molecular complexity index is 473. The van der Waals surface area contributed by atoms with Gasteiger partial charge in [-0.2, -0.15) is 0 Å². The molecule has 2 heteroatoms. The number of rotatable bonds is 3. The summed E-state index contributed by atoms with van der Waals surface area (Å²) in [6.45, 7) is 4.34. The van der Waals surface area contributed by atoms with Gasteiger partial charge in [0, 0.05) is 5.70 Å². The molecule has 102 valence electrons. The number of nitrogens with one attached hydrogen (secondary N) is 1. The lowest BCUT2D eigenvalue weighted by atomic mass is 9.90. The first-order chi connectivity index (χ1) is 8.65. The molecule has 2 unspecified atom stereocenters. The number of allylic oxidation sites excluding steroid dienone is 3. The normalized spacial score (nSPS) is 21.3. The van der Waals surface area contributed by atoms with E-state index in [0.717, 1.165) is 11.3 Å². The van der Waals surface area contributed by atoms with Crippen LogP contribution < -0.4 is 5.32 Å². The van der Waals surface area contributed by atoms with Crippen molar-refractivity contribution < 1.29 is 4.79 Å². The second-order valence-corrected chi connectivity index (χ2v) is 4.91. The van der Waals surface area contributed by atoms with E-state index in [0.29, 0.717) is 18.3 Å². The van der Waals surface area contributed by atoms with Crippen molar-refractivity contribution in [2.24, 2.45) is 11.8 Å². The van der Waals surface area contributed by atoms with Gasteiger partial charge in [0.15, 0.2) is 0 Å². The summed E-state index contributed by atoms with van der Waals surface area (Å²) in [5, 5.41) is 2.95. The number of amides is 1. The van der Waals surface area contributed by atoms with Gasteiger partial charge in [0.2, 0.25) is 5.91 Å². The molecular weight excluding hydrogens is 234 g/mol. The van der Waals surface area contributed by atoms with Crippen molar-refractivity contribution in [3.8, 4) is 0 Å². The quantitative estimate of drug-likeness (QED) is 0.878. The third-order valence-electron chi connectivity index (χ3n) is 3.34. The minimum absolute atomic E-state index is 0. The van der Waals surface area contributed by atoms with E-state index in [-0.39, 0.29) is 13.3 Å². The minimum Gasteiger partial charge on any atom is -0.326 e. The molecule has 0 fully saturated rings. The summed E-state index contributed by atoms with van der Waals surface area (Å²) in [6, 6.07) is 9.79. The van der Waals surface area contributed by atoms with Crippen LogP contribution in [0, 0.1) is 11.8 Å². The van der Waals surface area contributed by atoms with Crippen LogP contribution in [0.1, 0.15) is 26.8 Å². The van der Waals surface area contributed by atoms with Gasteiger partial charge in [0.05, 0.1) is 6.42 Å². The van der Waals surface area contributed by atoms with Gasteiger partial charge in [-0.25, -0.2) is 0 Å². The lowest BCUT2D eigenvalue weighted by Crippen LogP contribution is -2.25. The Labute approximate surface area is 116 Å². The fraction of sp³-hybridized carbons (Fsp3) is 0.353. The maximum absolute atomic E-state index is 11.9. The van der Waals surface area contributed by atoms with E-state index in [9.17, 15) is 4.79 Å². The second kappa shape index (κ2) is 6.93. The van der Waals surface area contributed by atoms with Crippen LogP contribution in [-0.2, 0) is 11.2 Å². The van der Waals surface area contributed by atoms with E-state index in [2.05, 4.69) is 31.3 Å². The van der Waals surface area contributed by atoms with Gasteiger partial charge in [0.1, 0.15) is 0 Å². The smallest absolute Gasteiger partial charge is 0.228 e. The minimum atomic E-state index is 0. The van der Waals surface area contributed by atoms with Crippen LogP contribution in [0.3, 0.4) is 0 Å². The summed E-state index contributed by atoms with van der Waals surface area (Å²) < 4.78 is 0. The molecule has 0 saturated carbocycles. The van der Waals surface area contributed by atoms with Crippen LogP contribution in [0.5, 0.6) is 0 Å². The SMILES string of the molecule is C.CC1C=CC(NC(=O)Cc2ccccc2)=CC1C. The number of carbonyl (C=O) groups is 1. The van der Waals surface area contributed by atoms with Crippen molar-refractivity contribution in [2.45, 2.75) is 27.7 Å². The van der Waals surface area contributed by atoms with Crippen molar-refractivity contribution >= 4 is 5.91 Å². The molecular formula is C17H23NO. The summed E-state index contributed by atoms with van der Waals surface area (Å²) in [6.07, 6.45) is 6.68. The third-order valence-corrected chi connectivity index (χ3v) is 3.34. The lowest BCUT2D eigenvalue weighted by Gasteiger charge is -2.19. The van der Waals surface area contributed by atoms with E-state index < -0.39 is 0 Å². The highest BCUT2D eigenvalue weighted by molar-refractivity contribution is 5.80.